The normalized spacial score (nSPS) is 15.4. The predicted octanol–water partition coefficient (Wildman–Crippen LogP) is 1.50. The molecule has 1 unspecified atom stereocenters. The van der Waals surface area contributed by atoms with Gasteiger partial charge in [-0.05, 0) is 26.8 Å². The molecule has 0 saturated heterocycles. The number of nitrogens with zero attached hydrogens (tertiary/aromatic N) is 2. The van der Waals surface area contributed by atoms with Crippen LogP contribution in [0.15, 0.2) is 12.4 Å². The topological polar surface area (TPSA) is 50.1 Å². The molecule has 4 nitrogen and oxygen atoms in total. The van der Waals surface area contributed by atoms with Crippen molar-refractivity contribution in [1.29, 1.82) is 0 Å². The van der Waals surface area contributed by atoms with Crippen molar-refractivity contribution < 1.29 is 5.11 Å². The average molecular weight is 225 g/mol. The van der Waals surface area contributed by atoms with E-state index in [1.54, 1.807) is 6.20 Å². The van der Waals surface area contributed by atoms with E-state index < -0.39 is 5.60 Å². The van der Waals surface area contributed by atoms with Crippen molar-refractivity contribution in [2.45, 2.75) is 52.3 Å². The lowest BCUT2D eigenvalue weighted by molar-refractivity contribution is 0.0348. The van der Waals surface area contributed by atoms with E-state index in [1.165, 1.54) is 0 Å². The third kappa shape index (κ3) is 3.32. The number of hydrogen-bond donors (Lipinski definition) is 2. The summed E-state index contributed by atoms with van der Waals surface area (Å²) in [5, 5.41) is 13.7. The molecule has 0 saturated carbocycles. The monoisotopic (exact) mass is 225 g/mol. The van der Waals surface area contributed by atoms with Gasteiger partial charge in [-0.3, -0.25) is 0 Å². The van der Waals surface area contributed by atoms with Crippen LogP contribution < -0.4 is 5.32 Å². The van der Waals surface area contributed by atoms with Gasteiger partial charge in [-0.2, -0.15) is 0 Å². The van der Waals surface area contributed by atoms with E-state index in [4.69, 9.17) is 0 Å². The molecule has 4 heteroatoms. The van der Waals surface area contributed by atoms with Crippen LogP contribution in [0.25, 0.3) is 0 Å². The van der Waals surface area contributed by atoms with E-state index in [2.05, 4.69) is 24.1 Å². The van der Waals surface area contributed by atoms with E-state index in [9.17, 15) is 5.11 Å². The first kappa shape index (κ1) is 13.2. The van der Waals surface area contributed by atoms with E-state index in [0.29, 0.717) is 12.5 Å². The maximum Gasteiger partial charge on any atom is 0.140 e. The first-order chi connectivity index (χ1) is 7.47. The molecule has 0 aromatic carbocycles. The van der Waals surface area contributed by atoms with E-state index >= 15 is 0 Å². The summed E-state index contributed by atoms with van der Waals surface area (Å²) in [6.07, 6.45) is 4.31. The van der Waals surface area contributed by atoms with Crippen molar-refractivity contribution in [1.82, 2.24) is 14.9 Å². The van der Waals surface area contributed by atoms with Crippen LogP contribution in [0.4, 0.5) is 0 Å². The fourth-order valence-electron chi connectivity index (χ4n) is 1.75. The standard InChI is InChI=1S/C12H23N3O/c1-5-15-9-8-14-11(15)12(4,16)6-7-13-10(2)3/h8-10,13,16H,5-7H2,1-4H3. The number of nitrogens with one attached hydrogen (secondary N) is 1. The van der Waals surface area contributed by atoms with E-state index in [-0.39, 0.29) is 0 Å². The summed E-state index contributed by atoms with van der Waals surface area (Å²) in [6.45, 7) is 9.70. The minimum Gasteiger partial charge on any atom is -0.382 e. The number of aliphatic hydroxyl groups is 1. The number of imidazole rings is 1. The second-order valence-electron chi connectivity index (χ2n) is 4.67. The first-order valence-corrected chi connectivity index (χ1v) is 5.94. The molecule has 0 aliphatic rings. The number of aromatic nitrogens is 2. The highest BCUT2D eigenvalue weighted by molar-refractivity contribution is 5.03. The Labute approximate surface area is 97.7 Å². The number of aryl methyl sites for hydroxylation is 1. The minimum atomic E-state index is -0.860. The maximum atomic E-state index is 10.4. The average Bonchev–Trinajstić information content (AvgIpc) is 2.64. The molecule has 16 heavy (non-hydrogen) atoms. The summed E-state index contributed by atoms with van der Waals surface area (Å²) >= 11 is 0. The highest BCUT2D eigenvalue weighted by atomic mass is 16.3. The van der Waals surface area contributed by atoms with Crippen LogP contribution in [0.3, 0.4) is 0 Å². The van der Waals surface area contributed by atoms with E-state index in [1.807, 2.05) is 24.6 Å². The highest BCUT2D eigenvalue weighted by Gasteiger charge is 2.27. The molecular weight excluding hydrogens is 202 g/mol. The summed E-state index contributed by atoms with van der Waals surface area (Å²) in [7, 11) is 0. The number of hydrogen-bond acceptors (Lipinski definition) is 3. The van der Waals surface area contributed by atoms with Gasteiger partial charge in [-0.15, -0.1) is 0 Å². The number of rotatable bonds is 6. The molecule has 1 heterocycles. The van der Waals surface area contributed by atoms with Crippen LogP contribution in [0, 0.1) is 0 Å². The van der Waals surface area contributed by atoms with Crippen molar-refractivity contribution in [2.75, 3.05) is 6.54 Å². The Morgan fingerprint density at radius 3 is 2.81 bits per heavy atom. The lowest BCUT2D eigenvalue weighted by Crippen LogP contribution is -2.33. The van der Waals surface area contributed by atoms with Crippen molar-refractivity contribution in [3.8, 4) is 0 Å². The summed E-state index contributed by atoms with van der Waals surface area (Å²) in [5.74, 6) is 0.751. The minimum absolute atomic E-state index is 0.446. The summed E-state index contributed by atoms with van der Waals surface area (Å²) in [5.41, 5.74) is -0.860. The van der Waals surface area contributed by atoms with Crippen LogP contribution in [-0.4, -0.2) is 27.2 Å². The molecule has 0 spiro atoms. The van der Waals surface area contributed by atoms with Gasteiger partial charge < -0.3 is 15.0 Å². The van der Waals surface area contributed by atoms with Crippen LogP contribution in [0.5, 0.6) is 0 Å². The quantitative estimate of drug-likeness (QED) is 0.771. The van der Waals surface area contributed by atoms with Gasteiger partial charge in [-0.1, -0.05) is 13.8 Å². The third-order valence-corrected chi connectivity index (χ3v) is 2.70. The largest absolute Gasteiger partial charge is 0.382 e. The molecular formula is C12H23N3O. The lowest BCUT2D eigenvalue weighted by atomic mass is 10.0. The van der Waals surface area contributed by atoms with Crippen molar-refractivity contribution >= 4 is 0 Å². The molecule has 0 bridgehead atoms. The SMILES string of the molecule is CCn1ccnc1C(C)(O)CCNC(C)C. The van der Waals surface area contributed by atoms with Crippen LogP contribution >= 0.6 is 0 Å². The zero-order valence-corrected chi connectivity index (χ0v) is 10.7. The van der Waals surface area contributed by atoms with Crippen LogP contribution in [0.2, 0.25) is 0 Å². The molecule has 1 aromatic heterocycles. The second-order valence-corrected chi connectivity index (χ2v) is 4.67. The Bertz CT molecular complexity index is 318. The lowest BCUT2D eigenvalue weighted by Gasteiger charge is -2.24. The summed E-state index contributed by atoms with van der Waals surface area (Å²) < 4.78 is 1.98. The van der Waals surface area contributed by atoms with Crippen LogP contribution in [-0.2, 0) is 12.1 Å². The Balaban J connectivity index is 2.62. The smallest absolute Gasteiger partial charge is 0.140 e. The van der Waals surface area contributed by atoms with Gasteiger partial charge in [0.05, 0.1) is 0 Å². The van der Waals surface area contributed by atoms with Crippen molar-refractivity contribution in [3.63, 3.8) is 0 Å². The Hall–Kier alpha value is -0.870. The summed E-state index contributed by atoms with van der Waals surface area (Å²) in [6, 6.07) is 0.446. The molecule has 0 fully saturated rings. The maximum absolute atomic E-state index is 10.4. The first-order valence-electron chi connectivity index (χ1n) is 5.94. The molecule has 1 rings (SSSR count). The Morgan fingerprint density at radius 1 is 1.56 bits per heavy atom. The van der Waals surface area contributed by atoms with Gasteiger partial charge in [0.25, 0.3) is 0 Å². The van der Waals surface area contributed by atoms with Gasteiger partial charge in [0, 0.05) is 25.0 Å². The van der Waals surface area contributed by atoms with Gasteiger partial charge in [-0.25, -0.2) is 4.98 Å². The van der Waals surface area contributed by atoms with E-state index in [0.717, 1.165) is 18.9 Å². The second kappa shape index (κ2) is 5.46. The molecule has 1 aromatic rings. The summed E-state index contributed by atoms with van der Waals surface area (Å²) in [4.78, 5) is 4.24. The van der Waals surface area contributed by atoms with Crippen LogP contribution in [0.1, 0.15) is 39.9 Å². The fourth-order valence-corrected chi connectivity index (χ4v) is 1.75. The van der Waals surface area contributed by atoms with Gasteiger partial charge >= 0.3 is 0 Å². The van der Waals surface area contributed by atoms with Gasteiger partial charge in [0.1, 0.15) is 11.4 Å². The fraction of sp³-hybridized carbons (Fsp3) is 0.750. The van der Waals surface area contributed by atoms with Crippen molar-refractivity contribution in [2.24, 2.45) is 0 Å². The highest BCUT2D eigenvalue weighted by Crippen LogP contribution is 2.22. The zero-order valence-electron chi connectivity index (χ0n) is 10.7. The molecule has 0 amide bonds. The van der Waals surface area contributed by atoms with Crippen molar-refractivity contribution in [3.05, 3.63) is 18.2 Å². The molecule has 2 N–H and O–H groups in total. The third-order valence-electron chi connectivity index (χ3n) is 2.70. The molecule has 1 atom stereocenters. The Morgan fingerprint density at radius 2 is 2.25 bits per heavy atom. The molecule has 0 radical (unpaired) electrons. The van der Waals surface area contributed by atoms with Gasteiger partial charge in [0.15, 0.2) is 0 Å². The zero-order chi connectivity index (χ0) is 12.2. The molecule has 92 valence electrons. The molecule has 0 aliphatic heterocycles. The Kier molecular flexibility index (Phi) is 4.50. The predicted molar refractivity (Wildman–Crippen MR) is 65.2 cm³/mol. The van der Waals surface area contributed by atoms with Gasteiger partial charge in [0.2, 0.25) is 0 Å². The molecule has 0 aliphatic carbocycles.